The van der Waals surface area contributed by atoms with E-state index in [-0.39, 0.29) is 5.82 Å². The number of thiocarbonyl (C=S) groups is 1. The van der Waals surface area contributed by atoms with Crippen molar-refractivity contribution < 1.29 is 13.9 Å². The van der Waals surface area contributed by atoms with Crippen molar-refractivity contribution in [2.24, 2.45) is 5.73 Å². The van der Waals surface area contributed by atoms with Crippen LogP contribution < -0.4 is 5.73 Å². The predicted molar refractivity (Wildman–Crippen MR) is 75.8 cm³/mol. The Hall–Kier alpha value is -0.560. The van der Waals surface area contributed by atoms with E-state index < -0.39 is 5.79 Å². The van der Waals surface area contributed by atoms with Crippen LogP contribution in [0.25, 0.3) is 0 Å². The van der Waals surface area contributed by atoms with E-state index in [2.05, 4.69) is 15.9 Å². The molecule has 0 saturated carbocycles. The van der Waals surface area contributed by atoms with Crippen molar-refractivity contribution in [2.45, 2.75) is 18.6 Å². The van der Waals surface area contributed by atoms with E-state index in [9.17, 15) is 4.39 Å². The lowest BCUT2D eigenvalue weighted by Crippen LogP contribution is -2.32. The largest absolute Gasteiger partial charge is 0.393 e. The van der Waals surface area contributed by atoms with Gasteiger partial charge in [-0.15, -0.1) is 0 Å². The summed E-state index contributed by atoms with van der Waals surface area (Å²) >= 11 is 7.95. The molecule has 6 heteroatoms. The van der Waals surface area contributed by atoms with Crippen LogP contribution >= 0.6 is 28.1 Å². The van der Waals surface area contributed by atoms with E-state index >= 15 is 0 Å². The smallest absolute Gasteiger partial charge is 0.194 e. The van der Waals surface area contributed by atoms with Crippen LogP contribution in [0, 0.1) is 5.82 Å². The molecule has 2 N–H and O–H groups in total. The van der Waals surface area contributed by atoms with Gasteiger partial charge in [-0.05, 0) is 28.1 Å². The summed E-state index contributed by atoms with van der Waals surface area (Å²) in [6, 6.07) is 4.72. The monoisotopic (exact) mass is 335 g/mol. The molecular weight excluding hydrogens is 321 g/mol. The molecule has 0 bridgehead atoms. The third-order valence-corrected chi connectivity index (χ3v) is 3.57. The molecule has 1 aromatic rings. The van der Waals surface area contributed by atoms with E-state index in [4.69, 9.17) is 27.4 Å². The second-order valence-electron chi connectivity index (χ2n) is 3.76. The maximum absolute atomic E-state index is 13.6. The van der Waals surface area contributed by atoms with E-state index in [0.29, 0.717) is 27.9 Å². The quantitative estimate of drug-likeness (QED) is 0.640. The van der Waals surface area contributed by atoms with Crippen molar-refractivity contribution >= 4 is 33.1 Å². The van der Waals surface area contributed by atoms with Gasteiger partial charge in [0.2, 0.25) is 0 Å². The van der Waals surface area contributed by atoms with Crippen molar-refractivity contribution in [1.29, 1.82) is 0 Å². The zero-order chi connectivity index (χ0) is 13.8. The van der Waals surface area contributed by atoms with Crippen molar-refractivity contribution in [1.82, 2.24) is 0 Å². The fraction of sp³-hybridized carbons (Fsp3) is 0.417. The van der Waals surface area contributed by atoms with Crippen molar-refractivity contribution in [3.05, 3.63) is 34.1 Å². The minimum atomic E-state index is -1.04. The molecule has 0 radical (unpaired) electrons. The average molecular weight is 336 g/mol. The standard InChI is InChI=1S/C12H15BrFNO2S/c1-16-12(17-2,6-5-11(15)18)8-3-4-9(13)10(14)7-8/h3-4,7H,5-6H2,1-2H3,(H2,15,18). The summed E-state index contributed by atoms with van der Waals surface area (Å²) in [6.45, 7) is 0. The SMILES string of the molecule is COC(CCC(N)=S)(OC)c1ccc(Br)c(F)c1. The van der Waals surface area contributed by atoms with Gasteiger partial charge in [0.25, 0.3) is 0 Å². The van der Waals surface area contributed by atoms with Gasteiger partial charge < -0.3 is 15.2 Å². The molecule has 3 nitrogen and oxygen atoms in total. The number of nitrogens with two attached hydrogens (primary N) is 1. The number of ether oxygens (including phenoxy) is 2. The van der Waals surface area contributed by atoms with Gasteiger partial charge in [-0.25, -0.2) is 4.39 Å². The highest BCUT2D eigenvalue weighted by Crippen LogP contribution is 2.33. The molecule has 0 amide bonds. The van der Waals surface area contributed by atoms with Gasteiger partial charge in [0, 0.05) is 32.6 Å². The highest BCUT2D eigenvalue weighted by atomic mass is 79.9. The van der Waals surface area contributed by atoms with Gasteiger partial charge in [-0.2, -0.15) is 0 Å². The summed E-state index contributed by atoms with van der Waals surface area (Å²) in [4.78, 5) is 0.367. The number of hydrogen-bond acceptors (Lipinski definition) is 3. The number of methoxy groups -OCH3 is 2. The fourth-order valence-corrected chi connectivity index (χ4v) is 2.04. The molecule has 0 atom stereocenters. The van der Waals surface area contributed by atoms with Gasteiger partial charge >= 0.3 is 0 Å². The van der Waals surface area contributed by atoms with Crippen molar-refractivity contribution in [3.8, 4) is 0 Å². The van der Waals surface area contributed by atoms with Gasteiger partial charge in [0.05, 0.1) is 9.46 Å². The topological polar surface area (TPSA) is 44.5 Å². The van der Waals surface area contributed by atoms with Crippen LogP contribution in [-0.2, 0) is 15.3 Å². The minimum Gasteiger partial charge on any atom is -0.393 e. The number of benzene rings is 1. The number of rotatable bonds is 6. The van der Waals surface area contributed by atoms with Crippen molar-refractivity contribution in [2.75, 3.05) is 14.2 Å². The summed E-state index contributed by atoms with van der Waals surface area (Å²) < 4.78 is 24.8. The Labute approximate surface area is 120 Å². The molecule has 18 heavy (non-hydrogen) atoms. The molecule has 0 spiro atoms. The van der Waals surface area contributed by atoms with Gasteiger partial charge in [-0.3, -0.25) is 0 Å². The lowest BCUT2D eigenvalue weighted by atomic mass is 10.00. The molecule has 0 aliphatic rings. The Kier molecular flexibility index (Phi) is 5.65. The summed E-state index contributed by atoms with van der Waals surface area (Å²) in [6.07, 6.45) is 0.880. The van der Waals surface area contributed by atoms with Crippen LogP contribution in [0.1, 0.15) is 18.4 Å². The zero-order valence-electron chi connectivity index (χ0n) is 10.2. The third-order valence-electron chi connectivity index (χ3n) is 2.72. The van der Waals surface area contributed by atoms with E-state index in [1.54, 1.807) is 12.1 Å². The normalized spacial score (nSPS) is 11.6. The predicted octanol–water partition coefficient (Wildman–Crippen LogP) is 3.10. The van der Waals surface area contributed by atoms with Crippen LogP contribution in [0.15, 0.2) is 22.7 Å². The molecule has 0 aromatic heterocycles. The first-order chi connectivity index (χ1) is 8.45. The second-order valence-corrected chi connectivity index (χ2v) is 5.14. The number of hydrogen-bond donors (Lipinski definition) is 1. The Bertz CT molecular complexity index is 438. The molecule has 0 fully saturated rings. The van der Waals surface area contributed by atoms with Gasteiger partial charge in [0.15, 0.2) is 5.79 Å². The maximum Gasteiger partial charge on any atom is 0.194 e. The molecule has 0 aliphatic carbocycles. The second kappa shape index (κ2) is 6.56. The molecule has 0 aliphatic heterocycles. The van der Waals surface area contributed by atoms with Gasteiger partial charge in [-0.1, -0.05) is 18.3 Å². The van der Waals surface area contributed by atoms with E-state index in [1.165, 1.54) is 20.3 Å². The first-order valence-electron chi connectivity index (χ1n) is 5.29. The summed E-state index contributed by atoms with van der Waals surface area (Å²) in [5.74, 6) is -1.41. The highest BCUT2D eigenvalue weighted by Gasteiger charge is 2.32. The summed E-state index contributed by atoms with van der Waals surface area (Å²) in [5, 5.41) is 0. The molecule has 0 saturated heterocycles. The third kappa shape index (κ3) is 3.47. The fourth-order valence-electron chi connectivity index (χ4n) is 1.69. The van der Waals surface area contributed by atoms with Crippen LogP contribution in [0.2, 0.25) is 0 Å². The van der Waals surface area contributed by atoms with E-state index in [0.717, 1.165) is 0 Å². The molecule has 1 rings (SSSR count). The maximum atomic E-state index is 13.6. The lowest BCUT2D eigenvalue weighted by Gasteiger charge is -2.31. The lowest BCUT2D eigenvalue weighted by molar-refractivity contribution is -0.219. The van der Waals surface area contributed by atoms with Gasteiger partial charge in [0.1, 0.15) is 5.82 Å². The Morgan fingerprint density at radius 1 is 1.44 bits per heavy atom. The Balaban J connectivity index is 3.09. The molecular formula is C12H15BrFNO2S. The molecule has 1 aromatic carbocycles. The molecule has 100 valence electrons. The molecule has 0 unspecified atom stereocenters. The van der Waals surface area contributed by atoms with Crippen molar-refractivity contribution in [3.63, 3.8) is 0 Å². The summed E-state index contributed by atoms with van der Waals surface area (Å²) in [7, 11) is 3.01. The van der Waals surface area contributed by atoms with Crippen LogP contribution in [0.4, 0.5) is 4.39 Å². The van der Waals surface area contributed by atoms with Crippen LogP contribution in [0.3, 0.4) is 0 Å². The minimum absolute atomic E-state index is 0.367. The average Bonchev–Trinajstić information content (AvgIpc) is 2.35. The number of halogens is 2. The molecule has 0 heterocycles. The highest BCUT2D eigenvalue weighted by molar-refractivity contribution is 9.10. The Morgan fingerprint density at radius 2 is 2.06 bits per heavy atom. The first-order valence-corrected chi connectivity index (χ1v) is 6.49. The first kappa shape index (κ1) is 15.5. The van der Waals surface area contributed by atoms with Crippen LogP contribution in [0.5, 0.6) is 0 Å². The Morgan fingerprint density at radius 3 is 2.50 bits per heavy atom. The van der Waals surface area contributed by atoms with Crippen LogP contribution in [-0.4, -0.2) is 19.2 Å². The zero-order valence-corrected chi connectivity index (χ0v) is 12.6. The summed E-state index contributed by atoms with van der Waals surface area (Å²) in [5.41, 5.74) is 6.07. The van der Waals surface area contributed by atoms with E-state index in [1.807, 2.05) is 0 Å².